The van der Waals surface area contributed by atoms with Crippen LogP contribution in [0, 0.1) is 0 Å². The van der Waals surface area contributed by atoms with Gasteiger partial charge in [0.05, 0.1) is 12.3 Å². The van der Waals surface area contributed by atoms with Crippen molar-refractivity contribution in [3.05, 3.63) is 109 Å². The van der Waals surface area contributed by atoms with E-state index in [9.17, 15) is 0 Å². The third-order valence-corrected chi connectivity index (χ3v) is 6.84. The summed E-state index contributed by atoms with van der Waals surface area (Å²) in [4.78, 5) is 9.70. The lowest BCUT2D eigenvalue weighted by atomic mass is 10.1. The van der Waals surface area contributed by atoms with Crippen molar-refractivity contribution in [1.29, 1.82) is 0 Å². The number of benzene rings is 4. The standard InChI is InChI=1S/C35H36N2O2/c1-2-3-4-5-6-13-22-38-32-21-20-29-23-31(19-18-30(29)24-32)35-36-33(28-16-11-8-12-17-28)25-34(37-35)39-26-27-14-9-7-10-15-27/h7-12,14-21,23-25H,2-6,13,22,26H2,1H3. The molecular formula is C35H36N2O2. The molecule has 4 heteroatoms. The molecule has 39 heavy (non-hydrogen) atoms. The zero-order chi connectivity index (χ0) is 26.7. The average Bonchev–Trinajstić information content (AvgIpc) is 3.00. The summed E-state index contributed by atoms with van der Waals surface area (Å²) in [7, 11) is 0. The molecule has 0 atom stereocenters. The minimum absolute atomic E-state index is 0.449. The van der Waals surface area contributed by atoms with Gasteiger partial charge in [0.2, 0.25) is 5.88 Å². The van der Waals surface area contributed by atoms with Crippen LogP contribution in [0.25, 0.3) is 33.4 Å². The molecule has 0 saturated heterocycles. The van der Waals surface area contributed by atoms with Crippen molar-refractivity contribution < 1.29 is 9.47 Å². The molecule has 0 N–H and O–H groups in total. The summed E-state index contributed by atoms with van der Waals surface area (Å²) in [5, 5.41) is 2.26. The van der Waals surface area contributed by atoms with Gasteiger partial charge in [-0.25, -0.2) is 4.98 Å². The van der Waals surface area contributed by atoms with Crippen LogP contribution in [0.4, 0.5) is 0 Å². The summed E-state index contributed by atoms with van der Waals surface area (Å²) < 4.78 is 12.2. The molecule has 0 unspecified atom stereocenters. The number of ether oxygens (including phenoxy) is 2. The Bertz CT molecular complexity index is 1470. The molecule has 0 bridgehead atoms. The summed E-state index contributed by atoms with van der Waals surface area (Å²) in [6.45, 7) is 3.46. The Kier molecular flexibility index (Phi) is 9.19. The first-order valence-corrected chi connectivity index (χ1v) is 14.1. The van der Waals surface area contributed by atoms with Gasteiger partial charge in [-0.15, -0.1) is 0 Å². The quantitative estimate of drug-likeness (QED) is 0.146. The molecule has 1 aromatic heterocycles. The van der Waals surface area contributed by atoms with E-state index >= 15 is 0 Å². The van der Waals surface area contributed by atoms with Gasteiger partial charge < -0.3 is 9.47 Å². The van der Waals surface area contributed by atoms with E-state index in [2.05, 4.69) is 67.6 Å². The van der Waals surface area contributed by atoms with Crippen molar-refractivity contribution in [3.63, 3.8) is 0 Å². The van der Waals surface area contributed by atoms with Crippen LogP contribution in [0.2, 0.25) is 0 Å². The van der Waals surface area contributed by atoms with E-state index in [0.717, 1.165) is 51.9 Å². The van der Waals surface area contributed by atoms with Gasteiger partial charge in [0.25, 0.3) is 0 Å². The third-order valence-electron chi connectivity index (χ3n) is 6.84. The second-order valence-electron chi connectivity index (χ2n) is 9.90. The summed E-state index contributed by atoms with van der Waals surface area (Å²) in [5.74, 6) is 2.12. The zero-order valence-electron chi connectivity index (χ0n) is 22.7. The Hall–Kier alpha value is -4.18. The maximum absolute atomic E-state index is 6.13. The predicted octanol–water partition coefficient (Wildman–Crippen LogP) is 9.28. The summed E-state index contributed by atoms with van der Waals surface area (Å²) in [5.41, 5.74) is 3.91. The van der Waals surface area contributed by atoms with Crippen molar-refractivity contribution in [2.45, 2.75) is 52.1 Å². The fourth-order valence-corrected chi connectivity index (χ4v) is 4.64. The maximum Gasteiger partial charge on any atom is 0.217 e. The van der Waals surface area contributed by atoms with Gasteiger partial charge in [0.1, 0.15) is 12.4 Å². The van der Waals surface area contributed by atoms with Gasteiger partial charge in [-0.3, -0.25) is 0 Å². The van der Waals surface area contributed by atoms with Crippen LogP contribution in [-0.4, -0.2) is 16.6 Å². The number of rotatable bonds is 13. The lowest BCUT2D eigenvalue weighted by Crippen LogP contribution is -2.01. The van der Waals surface area contributed by atoms with Gasteiger partial charge in [-0.05, 0) is 41.0 Å². The number of nitrogens with zero attached hydrogens (tertiary/aromatic N) is 2. The van der Waals surface area contributed by atoms with Crippen LogP contribution >= 0.6 is 0 Å². The van der Waals surface area contributed by atoms with E-state index in [0.29, 0.717) is 18.3 Å². The number of hydrogen-bond acceptors (Lipinski definition) is 4. The van der Waals surface area contributed by atoms with Crippen molar-refractivity contribution in [1.82, 2.24) is 9.97 Å². The number of fused-ring (bicyclic) bond motifs is 1. The highest BCUT2D eigenvalue weighted by molar-refractivity contribution is 5.87. The molecule has 0 aliphatic carbocycles. The van der Waals surface area contributed by atoms with E-state index < -0.39 is 0 Å². The second-order valence-corrected chi connectivity index (χ2v) is 9.90. The van der Waals surface area contributed by atoms with E-state index in [1.807, 2.05) is 42.5 Å². The van der Waals surface area contributed by atoms with Crippen molar-refractivity contribution in [3.8, 4) is 34.3 Å². The summed E-state index contributed by atoms with van der Waals surface area (Å²) in [6, 6.07) is 34.8. The fraction of sp³-hybridized carbons (Fsp3) is 0.257. The first kappa shape index (κ1) is 26.4. The van der Waals surface area contributed by atoms with Gasteiger partial charge in [-0.2, -0.15) is 4.98 Å². The monoisotopic (exact) mass is 516 g/mol. The Labute approximate surface area is 231 Å². The van der Waals surface area contributed by atoms with E-state index in [1.54, 1.807) is 0 Å². The van der Waals surface area contributed by atoms with Gasteiger partial charge in [-0.1, -0.05) is 118 Å². The highest BCUT2D eigenvalue weighted by Gasteiger charge is 2.11. The highest BCUT2D eigenvalue weighted by Crippen LogP contribution is 2.29. The molecule has 0 aliphatic heterocycles. The van der Waals surface area contributed by atoms with Crippen LogP contribution in [0.5, 0.6) is 11.6 Å². The lowest BCUT2D eigenvalue weighted by molar-refractivity contribution is 0.294. The molecule has 1 heterocycles. The summed E-state index contributed by atoms with van der Waals surface area (Å²) >= 11 is 0. The SMILES string of the molecule is CCCCCCCCOc1ccc2cc(-c3nc(OCc4ccccc4)cc(-c4ccccc4)n3)ccc2c1. The van der Waals surface area contributed by atoms with Crippen LogP contribution in [0.1, 0.15) is 51.0 Å². The fourth-order valence-electron chi connectivity index (χ4n) is 4.64. The van der Waals surface area contributed by atoms with Crippen LogP contribution in [0.3, 0.4) is 0 Å². The molecule has 0 aliphatic rings. The molecule has 5 rings (SSSR count). The number of aromatic nitrogens is 2. The minimum atomic E-state index is 0.449. The largest absolute Gasteiger partial charge is 0.494 e. The van der Waals surface area contributed by atoms with E-state index in [-0.39, 0.29) is 0 Å². The predicted molar refractivity (Wildman–Crippen MR) is 160 cm³/mol. The molecule has 4 aromatic carbocycles. The Morgan fingerprint density at radius 1 is 0.590 bits per heavy atom. The molecule has 0 fully saturated rings. The maximum atomic E-state index is 6.13. The Balaban J connectivity index is 1.34. The third kappa shape index (κ3) is 7.44. The van der Waals surface area contributed by atoms with E-state index in [4.69, 9.17) is 19.4 Å². The molecule has 4 nitrogen and oxygen atoms in total. The average molecular weight is 517 g/mol. The smallest absolute Gasteiger partial charge is 0.217 e. The molecular weight excluding hydrogens is 480 g/mol. The van der Waals surface area contributed by atoms with Crippen LogP contribution < -0.4 is 9.47 Å². The summed E-state index contributed by atoms with van der Waals surface area (Å²) in [6.07, 6.45) is 7.57. The lowest BCUT2D eigenvalue weighted by Gasteiger charge is -2.11. The van der Waals surface area contributed by atoms with Crippen molar-refractivity contribution in [2.75, 3.05) is 6.61 Å². The molecule has 0 spiro atoms. The van der Waals surface area contributed by atoms with Gasteiger partial charge in [0.15, 0.2) is 5.82 Å². The second kappa shape index (κ2) is 13.6. The number of hydrogen-bond donors (Lipinski definition) is 0. The normalized spacial score (nSPS) is 11.0. The molecule has 198 valence electrons. The first-order valence-electron chi connectivity index (χ1n) is 14.1. The van der Waals surface area contributed by atoms with Crippen LogP contribution in [0.15, 0.2) is 103 Å². The van der Waals surface area contributed by atoms with E-state index in [1.165, 1.54) is 32.1 Å². The molecule has 0 saturated carbocycles. The molecule has 5 aromatic rings. The first-order chi connectivity index (χ1) is 19.3. The minimum Gasteiger partial charge on any atom is -0.494 e. The Morgan fingerprint density at radius 3 is 2.13 bits per heavy atom. The van der Waals surface area contributed by atoms with Crippen molar-refractivity contribution in [2.24, 2.45) is 0 Å². The van der Waals surface area contributed by atoms with Crippen molar-refractivity contribution >= 4 is 10.8 Å². The molecule has 0 amide bonds. The van der Waals surface area contributed by atoms with Crippen LogP contribution in [-0.2, 0) is 6.61 Å². The number of unbranched alkanes of at least 4 members (excludes halogenated alkanes) is 5. The van der Waals surface area contributed by atoms with Gasteiger partial charge in [0, 0.05) is 17.2 Å². The zero-order valence-corrected chi connectivity index (χ0v) is 22.7. The Morgan fingerprint density at radius 2 is 1.31 bits per heavy atom. The highest BCUT2D eigenvalue weighted by atomic mass is 16.5. The topological polar surface area (TPSA) is 44.2 Å². The van der Waals surface area contributed by atoms with Gasteiger partial charge >= 0.3 is 0 Å². The molecule has 0 radical (unpaired) electrons.